The molecule has 1 aliphatic rings. The maximum absolute atomic E-state index is 13.0. The van der Waals surface area contributed by atoms with E-state index in [1.165, 1.54) is 42.7 Å². The van der Waals surface area contributed by atoms with E-state index in [0.29, 0.717) is 11.4 Å². The van der Waals surface area contributed by atoms with Crippen molar-refractivity contribution in [2.75, 3.05) is 10.6 Å². The smallest absolute Gasteiger partial charge is 0.335 e. The number of nitrogens with one attached hydrogen (secondary N) is 3. The van der Waals surface area contributed by atoms with Gasteiger partial charge >= 0.3 is 17.8 Å². The zero-order valence-electron chi connectivity index (χ0n) is 19.6. The van der Waals surface area contributed by atoms with E-state index in [4.69, 9.17) is 5.11 Å². The number of benzene rings is 3. The number of anilines is 2. The maximum Gasteiger partial charge on any atom is 0.335 e. The fourth-order valence-corrected chi connectivity index (χ4v) is 3.78. The Kier molecular flexibility index (Phi) is 7.75. The molecule has 8 nitrogen and oxygen atoms in total. The van der Waals surface area contributed by atoms with Crippen molar-refractivity contribution in [3.05, 3.63) is 95.6 Å². The predicted octanol–water partition coefficient (Wildman–Crippen LogP) is 3.64. The first-order valence-electron chi connectivity index (χ1n) is 11.8. The van der Waals surface area contributed by atoms with Crippen LogP contribution in [0, 0.1) is 5.92 Å². The van der Waals surface area contributed by atoms with Crippen molar-refractivity contribution < 1.29 is 24.3 Å². The van der Waals surface area contributed by atoms with Crippen LogP contribution < -0.4 is 16.0 Å². The molecule has 0 aromatic heterocycles. The van der Waals surface area contributed by atoms with Gasteiger partial charge in [-0.05, 0) is 72.7 Å². The lowest BCUT2D eigenvalue weighted by atomic mass is 10.0. The largest absolute Gasteiger partial charge is 0.478 e. The second-order valence-electron chi connectivity index (χ2n) is 8.89. The van der Waals surface area contributed by atoms with Gasteiger partial charge in [-0.15, -0.1) is 0 Å². The maximum atomic E-state index is 13.0. The Morgan fingerprint density at radius 1 is 0.750 bits per heavy atom. The number of carboxylic acid groups (broad SMARTS) is 1. The molecule has 3 aromatic rings. The molecule has 1 saturated carbocycles. The Bertz CT molecular complexity index is 1240. The molecule has 184 valence electrons. The van der Waals surface area contributed by atoms with Crippen molar-refractivity contribution in [1.29, 1.82) is 0 Å². The number of amides is 3. The van der Waals surface area contributed by atoms with E-state index in [9.17, 15) is 19.2 Å². The molecule has 0 unspecified atom stereocenters. The number of rotatable bonds is 9. The van der Waals surface area contributed by atoms with Crippen molar-refractivity contribution in [3.63, 3.8) is 0 Å². The highest BCUT2D eigenvalue weighted by molar-refractivity contribution is 6.40. The summed E-state index contributed by atoms with van der Waals surface area (Å²) in [7, 11) is 0. The summed E-state index contributed by atoms with van der Waals surface area (Å²) in [5.41, 5.74) is 2.94. The molecule has 0 radical (unpaired) electrons. The fourth-order valence-electron chi connectivity index (χ4n) is 3.78. The van der Waals surface area contributed by atoms with Gasteiger partial charge in [0.05, 0.1) is 5.56 Å². The van der Waals surface area contributed by atoms with E-state index in [1.807, 2.05) is 42.5 Å². The third kappa shape index (κ3) is 7.02. The molecular formula is C28H27N3O5. The first-order valence-corrected chi connectivity index (χ1v) is 11.8. The van der Waals surface area contributed by atoms with Crippen LogP contribution in [-0.4, -0.2) is 34.8 Å². The minimum atomic E-state index is -1.08. The number of carbonyl (C=O) groups excluding carboxylic acids is 3. The van der Waals surface area contributed by atoms with Gasteiger partial charge in [-0.1, -0.05) is 42.5 Å². The van der Waals surface area contributed by atoms with Crippen LogP contribution in [0.15, 0.2) is 78.9 Å². The van der Waals surface area contributed by atoms with Crippen molar-refractivity contribution in [3.8, 4) is 0 Å². The van der Waals surface area contributed by atoms with Gasteiger partial charge in [0.2, 0.25) is 5.91 Å². The zero-order valence-corrected chi connectivity index (χ0v) is 19.6. The molecule has 1 fully saturated rings. The number of aromatic carboxylic acids is 1. The SMILES string of the molecule is O=C(Nc1ccc(CC2CC2)cc1)C(=O)N[C@@H](Cc1ccccc1)C(=O)Nc1ccc(C(=O)O)cc1. The van der Waals surface area contributed by atoms with Crippen LogP contribution in [0.1, 0.15) is 34.3 Å². The van der Waals surface area contributed by atoms with Gasteiger partial charge in [0.1, 0.15) is 6.04 Å². The standard InChI is InChI=1S/C28H27N3O5/c32-25(29-23-14-10-21(11-15-23)28(35)36)24(17-18-4-2-1-3-5-18)31-27(34)26(33)30-22-12-8-20(9-13-22)16-19-6-7-19/h1-5,8-15,19,24H,6-7,16-17H2,(H,29,32)(H,30,33)(H,31,34)(H,35,36)/t24-/m0/s1. The van der Waals surface area contributed by atoms with Gasteiger partial charge in [-0.2, -0.15) is 0 Å². The summed E-state index contributed by atoms with van der Waals surface area (Å²) in [6.45, 7) is 0. The normalized spacial score (nSPS) is 13.3. The fraction of sp³-hybridized carbons (Fsp3) is 0.214. The Balaban J connectivity index is 1.40. The molecule has 36 heavy (non-hydrogen) atoms. The van der Waals surface area contributed by atoms with Gasteiger partial charge in [0.25, 0.3) is 0 Å². The van der Waals surface area contributed by atoms with Crippen LogP contribution >= 0.6 is 0 Å². The summed E-state index contributed by atoms with van der Waals surface area (Å²) < 4.78 is 0. The Morgan fingerprint density at radius 3 is 1.97 bits per heavy atom. The van der Waals surface area contributed by atoms with Crippen LogP contribution in [0.5, 0.6) is 0 Å². The molecule has 4 N–H and O–H groups in total. The third-order valence-corrected chi connectivity index (χ3v) is 5.94. The van der Waals surface area contributed by atoms with Gasteiger partial charge < -0.3 is 21.1 Å². The summed E-state index contributed by atoms with van der Waals surface area (Å²) in [6, 6.07) is 21.1. The summed E-state index contributed by atoms with van der Waals surface area (Å²) in [6.07, 6.45) is 3.69. The lowest BCUT2D eigenvalue weighted by Crippen LogP contribution is -2.48. The minimum absolute atomic E-state index is 0.0828. The molecule has 0 aliphatic heterocycles. The van der Waals surface area contributed by atoms with E-state index in [1.54, 1.807) is 12.1 Å². The summed E-state index contributed by atoms with van der Waals surface area (Å²) >= 11 is 0. The molecular weight excluding hydrogens is 458 g/mol. The lowest BCUT2D eigenvalue weighted by molar-refractivity contribution is -0.137. The van der Waals surface area contributed by atoms with E-state index in [2.05, 4.69) is 16.0 Å². The van der Waals surface area contributed by atoms with Gasteiger partial charge in [0.15, 0.2) is 0 Å². The Hall–Kier alpha value is -4.46. The first-order chi connectivity index (χ1) is 17.4. The predicted molar refractivity (Wildman–Crippen MR) is 136 cm³/mol. The first kappa shape index (κ1) is 24.7. The number of carboxylic acids is 1. The highest BCUT2D eigenvalue weighted by atomic mass is 16.4. The highest BCUT2D eigenvalue weighted by Crippen LogP contribution is 2.32. The van der Waals surface area contributed by atoms with Gasteiger partial charge in [0, 0.05) is 17.8 Å². The quantitative estimate of drug-likeness (QED) is 0.345. The van der Waals surface area contributed by atoms with Crippen molar-refractivity contribution >= 4 is 35.1 Å². The molecule has 3 aromatic carbocycles. The van der Waals surface area contributed by atoms with E-state index in [-0.39, 0.29) is 12.0 Å². The summed E-state index contributed by atoms with van der Waals surface area (Å²) in [4.78, 5) is 49.3. The van der Waals surface area contributed by atoms with Crippen molar-refractivity contribution in [1.82, 2.24) is 5.32 Å². The van der Waals surface area contributed by atoms with Crippen LogP contribution in [0.25, 0.3) is 0 Å². The molecule has 1 aliphatic carbocycles. The van der Waals surface area contributed by atoms with Crippen molar-refractivity contribution in [2.45, 2.75) is 31.7 Å². The van der Waals surface area contributed by atoms with Gasteiger partial charge in [-0.3, -0.25) is 14.4 Å². The summed E-state index contributed by atoms with van der Waals surface area (Å²) in [5, 5.41) is 16.8. The van der Waals surface area contributed by atoms with E-state index < -0.39 is 29.7 Å². The average Bonchev–Trinajstić information content (AvgIpc) is 3.69. The number of hydrogen-bond donors (Lipinski definition) is 4. The second kappa shape index (κ2) is 11.3. The molecule has 0 saturated heterocycles. The topological polar surface area (TPSA) is 125 Å². The Morgan fingerprint density at radius 2 is 1.36 bits per heavy atom. The van der Waals surface area contributed by atoms with Crippen LogP contribution in [0.3, 0.4) is 0 Å². The second-order valence-corrected chi connectivity index (χ2v) is 8.89. The third-order valence-electron chi connectivity index (χ3n) is 5.94. The molecule has 0 heterocycles. The van der Waals surface area contributed by atoms with E-state index in [0.717, 1.165) is 17.9 Å². The molecule has 1 atom stereocenters. The van der Waals surface area contributed by atoms with Crippen LogP contribution in [0.4, 0.5) is 11.4 Å². The van der Waals surface area contributed by atoms with Crippen LogP contribution in [0.2, 0.25) is 0 Å². The Labute approximate surface area is 208 Å². The molecule has 4 rings (SSSR count). The van der Waals surface area contributed by atoms with Crippen molar-refractivity contribution in [2.24, 2.45) is 5.92 Å². The summed E-state index contributed by atoms with van der Waals surface area (Å²) in [5.74, 6) is -2.67. The van der Waals surface area contributed by atoms with Gasteiger partial charge in [-0.25, -0.2) is 4.79 Å². The average molecular weight is 486 g/mol. The lowest BCUT2D eigenvalue weighted by Gasteiger charge is -2.19. The van der Waals surface area contributed by atoms with E-state index >= 15 is 0 Å². The minimum Gasteiger partial charge on any atom is -0.478 e. The number of carbonyl (C=O) groups is 4. The monoisotopic (exact) mass is 485 g/mol. The number of hydrogen-bond acceptors (Lipinski definition) is 4. The molecule has 0 bridgehead atoms. The molecule has 8 heteroatoms. The molecule has 0 spiro atoms. The zero-order chi connectivity index (χ0) is 25.5. The highest BCUT2D eigenvalue weighted by Gasteiger charge is 2.25. The van der Waals surface area contributed by atoms with Crippen LogP contribution in [-0.2, 0) is 27.2 Å². The molecule has 3 amide bonds.